The Hall–Kier alpha value is -0.160. The first-order valence-electron chi connectivity index (χ1n) is 3.49. The van der Waals surface area contributed by atoms with E-state index in [0.717, 1.165) is 0 Å². The molecule has 0 unspecified atom stereocenters. The fourth-order valence-electron chi connectivity index (χ4n) is 0.929. The summed E-state index contributed by atoms with van der Waals surface area (Å²) in [5, 5.41) is 0. The van der Waals surface area contributed by atoms with E-state index >= 15 is 0 Å². The summed E-state index contributed by atoms with van der Waals surface area (Å²) >= 11 is 0. The fourth-order valence-corrected chi connectivity index (χ4v) is 1.58. The molecule has 0 aliphatic heterocycles. The summed E-state index contributed by atoms with van der Waals surface area (Å²) in [6.45, 7) is 3.81. The summed E-state index contributed by atoms with van der Waals surface area (Å²) < 4.78 is 32.1. The van der Waals surface area contributed by atoms with Crippen molar-refractivity contribution in [3.8, 4) is 0 Å². The third kappa shape index (κ3) is 7.74. The molecule has 2 N–H and O–H groups in total. The van der Waals surface area contributed by atoms with Crippen LogP contribution in [-0.4, -0.2) is 20.2 Å². The highest BCUT2D eigenvalue weighted by Crippen LogP contribution is 2.05. The second-order valence-electron chi connectivity index (χ2n) is 3.10. The van der Waals surface area contributed by atoms with Crippen molar-refractivity contribution < 1.29 is 12.3 Å². The van der Waals surface area contributed by atoms with E-state index in [1.807, 2.05) is 13.8 Å². The lowest BCUT2D eigenvalue weighted by molar-refractivity contribution is 0.499. The van der Waals surface area contributed by atoms with Crippen molar-refractivity contribution in [1.29, 1.82) is 0 Å². The largest absolute Gasteiger partial charge is 0.327 e. The maximum Gasteiger partial charge on any atom is 0.303 e. The maximum atomic E-state index is 12.0. The summed E-state index contributed by atoms with van der Waals surface area (Å²) in [6, 6.07) is -0.579. The predicted octanol–water partition coefficient (Wildman–Crippen LogP) is 0.659. The molecule has 0 aromatic carbocycles. The Morgan fingerprint density at radius 1 is 1.45 bits per heavy atom. The van der Waals surface area contributed by atoms with Crippen LogP contribution in [0.2, 0.25) is 0 Å². The van der Waals surface area contributed by atoms with Crippen LogP contribution in [0.4, 0.5) is 3.89 Å². The molecule has 0 aromatic rings. The van der Waals surface area contributed by atoms with Crippen LogP contribution in [0.25, 0.3) is 0 Å². The number of nitrogens with two attached hydrogens (primary N) is 1. The first-order valence-corrected chi connectivity index (χ1v) is 5.04. The minimum absolute atomic E-state index is 0.298. The van der Waals surface area contributed by atoms with Crippen molar-refractivity contribution in [1.82, 2.24) is 0 Å². The zero-order chi connectivity index (χ0) is 9.07. The second-order valence-corrected chi connectivity index (χ2v) is 4.51. The molecular formula is C6H14FNO2S. The van der Waals surface area contributed by atoms with Gasteiger partial charge in [-0.05, 0) is 12.3 Å². The number of hydrogen-bond acceptors (Lipinski definition) is 3. The normalized spacial score (nSPS) is 15.4. The third-order valence-electron chi connectivity index (χ3n) is 1.19. The van der Waals surface area contributed by atoms with E-state index in [0.29, 0.717) is 12.3 Å². The fraction of sp³-hybridized carbons (Fsp3) is 1.00. The van der Waals surface area contributed by atoms with Crippen LogP contribution < -0.4 is 5.73 Å². The van der Waals surface area contributed by atoms with Gasteiger partial charge in [0, 0.05) is 6.04 Å². The third-order valence-corrected chi connectivity index (χ3v) is 2.01. The van der Waals surface area contributed by atoms with Crippen molar-refractivity contribution in [3.63, 3.8) is 0 Å². The molecule has 0 fully saturated rings. The van der Waals surface area contributed by atoms with Crippen LogP contribution in [-0.2, 0) is 10.2 Å². The van der Waals surface area contributed by atoms with Crippen LogP contribution >= 0.6 is 0 Å². The van der Waals surface area contributed by atoms with Crippen LogP contribution in [0, 0.1) is 5.92 Å². The van der Waals surface area contributed by atoms with Gasteiger partial charge in [0.25, 0.3) is 0 Å². The van der Waals surface area contributed by atoms with Crippen LogP contribution in [0.5, 0.6) is 0 Å². The van der Waals surface area contributed by atoms with Gasteiger partial charge in [-0.1, -0.05) is 13.8 Å². The van der Waals surface area contributed by atoms with Gasteiger partial charge in [0.1, 0.15) is 0 Å². The highest BCUT2D eigenvalue weighted by Gasteiger charge is 2.15. The summed E-state index contributed by atoms with van der Waals surface area (Å²) in [5.74, 6) is -0.266. The lowest BCUT2D eigenvalue weighted by Crippen LogP contribution is -2.29. The van der Waals surface area contributed by atoms with Gasteiger partial charge < -0.3 is 5.73 Å². The molecule has 0 amide bonds. The van der Waals surface area contributed by atoms with Crippen molar-refractivity contribution in [2.75, 3.05) is 5.75 Å². The standard InChI is InChI=1S/C6H14FNO2S/c1-5(2)3-6(8)4-11(7,9)10/h5-6H,3-4,8H2,1-2H3/t6-/m0/s1. The van der Waals surface area contributed by atoms with Gasteiger partial charge in [-0.2, -0.15) is 8.42 Å². The monoisotopic (exact) mass is 183 g/mol. The molecule has 0 heterocycles. The minimum atomic E-state index is -4.39. The summed E-state index contributed by atoms with van der Waals surface area (Å²) in [5.41, 5.74) is 5.34. The average Bonchev–Trinajstić information content (AvgIpc) is 1.53. The van der Waals surface area contributed by atoms with Crippen LogP contribution in [0.3, 0.4) is 0 Å². The minimum Gasteiger partial charge on any atom is -0.327 e. The van der Waals surface area contributed by atoms with Gasteiger partial charge in [0.05, 0.1) is 5.75 Å². The smallest absolute Gasteiger partial charge is 0.303 e. The van der Waals surface area contributed by atoms with E-state index in [9.17, 15) is 12.3 Å². The molecule has 0 saturated heterocycles. The van der Waals surface area contributed by atoms with Crippen LogP contribution in [0.15, 0.2) is 0 Å². The molecule has 0 aromatic heterocycles. The van der Waals surface area contributed by atoms with Gasteiger partial charge in [-0.15, -0.1) is 3.89 Å². The molecule has 0 bridgehead atoms. The zero-order valence-electron chi connectivity index (χ0n) is 6.75. The molecule has 0 radical (unpaired) electrons. The van der Waals surface area contributed by atoms with Gasteiger partial charge in [0.2, 0.25) is 0 Å². The molecule has 0 aliphatic rings. The number of hydrogen-bond donors (Lipinski definition) is 1. The molecular weight excluding hydrogens is 169 g/mol. The van der Waals surface area contributed by atoms with Crippen molar-refractivity contribution in [3.05, 3.63) is 0 Å². The van der Waals surface area contributed by atoms with Gasteiger partial charge in [-0.25, -0.2) is 0 Å². The highest BCUT2D eigenvalue weighted by molar-refractivity contribution is 7.86. The predicted molar refractivity (Wildman–Crippen MR) is 42.3 cm³/mol. The quantitative estimate of drug-likeness (QED) is 0.651. The molecule has 68 valence electrons. The molecule has 0 aliphatic carbocycles. The van der Waals surface area contributed by atoms with Crippen molar-refractivity contribution in [2.24, 2.45) is 11.7 Å². The molecule has 1 atom stereocenters. The second kappa shape index (κ2) is 4.01. The molecule has 0 spiro atoms. The highest BCUT2D eigenvalue weighted by atomic mass is 32.3. The lowest BCUT2D eigenvalue weighted by atomic mass is 10.1. The van der Waals surface area contributed by atoms with Crippen molar-refractivity contribution in [2.45, 2.75) is 26.3 Å². The van der Waals surface area contributed by atoms with E-state index in [1.165, 1.54) is 0 Å². The number of rotatable bonds is 4. The summed E-state index contributed by atoms with van der Waals surface area (Å²) in [6.07, 6.45) is 0.531. The molecule has 5 heteroatoms. The molecule has 0 rings (SSSR count). The Kier molecular flexibility index (Phi) is 3.96. The van der Waals surface area contributed by atoms with E-state index in [2.05, 4.69) is 0 Å². The van der Waals surface area contributed by atoms with Gasteiger partial charge >= 0.3 is 10.2 Å². The Labute approximate surface area is 67.0 Å². The van der Waals surface area contributed by atoms with Crippen LogP contribution in [0.1, 0.15) is 20.3 Å². The Bertz CT molecular complexity index is 201. The zero-order valence-corrected chi connectivity index (χ0v) is 7.57. The molecule has 0 saturated carbocycles. The van der Waals surface area contributed by atoms with Gasteiger partial charge in [0.15, 0.2) is 0 Å². The lowest BCUT2D eigenvalue weighted by Gasteiger charge is -2.10. The Balaban J connectivity index is 3.80. The first kappa shape index (κ1) is 10.8. The number of halogens is 1. The van der Waals surface area contributed by atoms with Crippen molar-refractivity contribution >= 4 is 10.2 Å². The van der Waals surface area contributed by atoms with E-state index in [-0.39, 0.29) is 0 Å². The van der Waals surface area contributed by atoms with E-state index in [4.69, 9.17) is 5.73 Å². The maximum absolute atomic E-state index is 12.0. The summed E-state index contributed by atoms with van der Waals surface area (Å²) in [4.78, 5) is 0. The van der Waals surface area contributed by atoms with E-state index < -0.39 is 22.0 Å². The van der Waals surface area contributed by atoms with E-state index in [1.54, 1.807) is 0 Å². The topological polar surface area (TPSA) is 60.2 Å². The molecule has 11 heavy (non-hydrogen) atoms. The average molecular weight is 183 g/mol. The SMILES string of the molecule is CC(C)C[C@H](N)CS(=O)(=O)F. The first-order chi connectivity index (χ1) is 4.81. The Morgan fingerprint density at radius 3 is 2.18 bits per heavy atom. The van der Waals surface area contributed by atoms with Gasteiger partial charge in [-0.3, -0.25) is 0 Å². The molecule has 3 nitrogen and oxygen atoms in total. The summed E-state index contributed by atoms with van der Waals surface area (Å²) in [7, 11) is -4.39. The Morgan fingerprint density at radius 2 is 1.91 bits per heavy atom.